The molecule has 8 nitrogen and oxygen atoms in total. The van der Waals surface area contributed by atoms with Gasteiger partial charge in [-0.25, -0.2) is 4.79 Å². The third-order valence-corrected chi connectivity index (χ3v) is 7.12. The lowest BCUT2D eigenvalue weighted by Gasteiger charge is -2.49. The Morgan fingerprint density at radius 1 is 1.50 bits per heavy atom. The van der Waals surface area contributed by atoms with E-state index in [1.54, 1.807) is 0 Å². The van der Waals surface area contributed by atoms with Gasteiger partial charge in [-0.15, -0.1) is 40.0 Å². The maximum atomic E-state index is 12.5. The summed E-state index contributed by atoms with van der Waals surface area (Å²) in [5.41, 5.74) is -0.0566. The van der Waals surface area contributed by atoms with Gasteiger partial charge in [-0.3, -0.25) is 14.5 Å². The number of aliphatic carboxylic acids is 1. The maximum Gasteiger partial charge on any atom is 0.353 e. The van der Waals surface area contributed by atoms with Gasteiger partial charge >= 0.3 is 5.97 Å². The average Bonchev–Trinajstić information content (AvgIpc) is 3.12. The molecule has 3 heterocycles. The summed E-state index contributed by atoms with van der Waals surface area (Å²) in [6.45, 7) is 0. The van der Waals surface area contributed by atoms with Crippen LogP contribution in [-0.2, 0) is 20.8 Å². The van der Waals surface area contributed by atoms with E-state index in [1.807, 2.05) is 17.5 Å². The highest BCUT2D eigenvalue weighted by Crippen LogP contribution is 2.43. The summed E-state index contributed by atoms with van der Waals surface area (Å²) in [5.74, 6) is -1.15. The highest BCUT2D eigenvalue weighted by atomic mass is 32.2. The number of β-lactam (4-membered cyclic amide) rings is 1. The molecule has 0 bridgehead atoms. The first kappa shape index (κ1) is 18.8. The Bertz CT molecular complexity index is 777. The number of thioether (sulfide) groups is 2. The monoisotopic (exact) mass is 413 g/mol. The van der Waals surface area contributed by atoms with Gasteiger partial charge in [0.1, 0.15) is 17.1 Å². The molecule has 0 unspecified atom stereocenters. The number of fused-ring (bicyclic) bond motifs is 1. The molecule has 0 aromatic carbocycles. The third kappa shape index (κ3) is 3.74. The maximum absolute atomic E-state index is 12.5. The lowest BCUT2D eigenvalue weighted by atomic mass is 10.0. The van der Waals surface area contributed by atoms with Gasteiger partial charge in [0.25, 0.3) is 5.91 Å². The highest BCUT2D eigenvalue weighted by molar-refractivity contribution is 8.06. The molecule has 2 aliphatic heterocycles. The number of rotatable bonds is 7. The van der Waals surface area contributed by atoms with E-state index in [0.717, 1.165) is 4.88 Å². The molecule has 11 heteroatoms. The van der Waals surface area contributed by atoms with Crippen LogP contribution in [0.1, 0.15) is 4.88 Å². The standard InChI is InChI=1S/C15H15N3O5S3/c19-10(6-8-2-1-4-24-8)17-11-13(20)18-12(15(21)22)9(7-26-14(11)18)25-5-3-16-23/h1-4,11,14,23H,5-7H2,(H,17,19)(H,21,22)/t11-,14+/m1/s1. The van der Waals surface area contributed by atoms with Gasteiger partial charge in [-0.2, -0.15) is 0 Å². The molecule has 2 amide bonds. The molecule has 0 aliphatic carbocycles. The lowest BCUT2D eigenvalue weighted by molar-refractivity contribution is -0.150. The second kappa shape index (κ2) is 8.14. The van der Waals surface area contributed by atoms with E-state index < -0.39 is 23.3 Å². The minimum Gasteiger partial charge on any atom is -0.477 e. The molecule has 2 aliphatic rings. The Hall–Kier alpha value is -1.98. The van der Waals surface area contributed by atoms with Crippen molar-refractivity contribution in [2.45, 2.75) is 17.8 Å². The predicted molar refractivity (Wildman–Crippen MR) is 100 cm³/mol. The Kier molecular flexibility index (Phi) is 5.89. The fourth-order valence-corrected chi connectivity index (χ4v) is 5.77. The van der Waals surface area contributed by atoms with Crippen molar-refractivity contribution in [1.29, 1.82) is 0 Å². The summed E-state index contributed by atoms with van der Waals surface area (Å²) >= 11 is 4.08. The van der Waals surface area contributed by atoms with Crippen LogP contribution in [-0.4, -0.2) is 62.1 Å². The van der Waals surface area contributed by atoms with Crippen molar-refractivity contribution in [2.24, 2.45) is 5.16 Å². The fraction of sp³-hybridized carbons (Fsp3) is 0.333. The summed E-state index contributed by atoms with van der Waals surface area (Å²) in [4.78, 5) is 38.9. The molecule has 2 atom stereocenters. The summed E-state index contributed by atoms with van der Waals surface area (Å²) in [7, 11) is 0. The third-order valence-electron chi connectivity index (χ3n) is 3.78. The van der Waals surface area contributed by atoms with Gasteiger partial charge in [0.2, 0.25) is 5.91 Å². The minimum absolute atomic E-state index is 0.0566. The molecule has 0 saturated carbocycles. The van der Waals surface area contributed by atoms with Crippen LogP contribution in [0.2, 0.25) is 0 Å². The van der Waals surface area contributed by atoms with Gasteiger partial charge in [0.15, 0.2) is 0 Å². The SMILES string of the molecule is O=C(Cc1cccs1)N[C@@H]1C(=O)N2C(C(=O)O)=C(SCC=NO)CS[C@@H]12. The van der Waals surface area contributed by atoms with Crippen LogP contribution in [0.15, 0.2) is 33.3 Å². The average molecular weight is 414 g/mol. The van der Waals surface area contributed by atoms with Gasteiger partial charge < -0.3 is 15.6 Å². The molecule has 3 N–H and O–H groups in total. The molecule has 3 rings (SSSR count). The number of carbonyl (C=O) groups is 3. The molecular weight excluding hydrogens is 398 g/mol. The van der Waals surface area contributed by atoms with Crippen LogP contribution in [0.4, 0.5) is 0 Å². The van der Waals surface area contributed by atoms with E-state index in [2.05, 4.69) is 10.5 Å². The highest BCUT2D eigenvalue weighted by Gasteiger charge is 2.54. The van der Waals surface area contributed by atoms with Crippen LogP contribution < -0.4 is 5.32 Å². The van der Waals surface area contributed by atoms with Crippen LogP contribution in [0.5, 0.6) is 0 Å². The molecule has 1 aromatic rings. The van der Waals surface area contributed by atoms with Crippen molar-refractivity contribution in [3.8, 4) is 0 Å². The second-order valence-corrected chi connectivity index (χ2v) is 8.65. The normalized spacial score (nSPS) is 22.3. The zero-order valence-corrected chi connectivity index (χ0v) is 15.8. The number of carboxylic acid groups (broad SMARTS) is 1. The Morgan fingerprint density at radius 2 is 2.31 bits per heavy atom. The molecule has 1 fully saturated rings. The summed E-state index contributed by atoms with van der Waals surface area (Å²) in [6, 6.07) is 2.98. The number of hydrogen-bond donors (Lipinski definition) is 3. The number of carbonyl (C=O) groups excluding carboxylic acids is 2. The van der Waals surface area contributed by atoms with Crippen molar-refractivity contribution >= 4 is 58.9 Å². The number of oxime groups is 1. The molecular formula is C15H15N3O5S3. The zero-order valence-electron chi connectivity index (χ0n) is 13.3. The first-order valence-electron chi connectivity index (χ1n) is 7.54. The van der Waals surface area contributed by atoms with Gasteiger partial charge in [0, 0.05) is 21.3 Å². The Morgan fingerprint density at radius 3 is 2.96 bits per heavy atom. The molecule has 1 aromatic heterocycles. The lowest BCUT2D eigenvalue weighted by Crippen LogP contribution is -2.70. The van der Waals surface area contributed by atoms with Crippen molar-refractivity contribution in [1.82, 2.24) is 10.2 Å². The number of amides is 2. The molecule has 1 saturated heterocycles. The van der Waals surface area contributed by atoms with Crippen molar-refractivity contribution in [3.63, 3.8) is 0 Å². The van der Waals surface area contributed by atoms with E-state index in [-0.39, 0.29) is 18.0 Å². The van der Waals surface area contributed by atoms with Gasteiger partial charge in [-0.1, -0.05) is 6.07 Å². The van der Waals surface area contributed by atoms with E-state index in [0.29, 0.717) is 16.4 Å². The van der Waals surface area contributed by atoms with Gasteiger partial charge in [0.05, 0.1) is 12.6 Å². The number of nitrogens with zero attached hydrogens (tertiary/aromatic N) is 2. The van der Waals surface area contributed by atoms with Crippen LogP contribution in [0.25, 0.3) is 0 Å². The molecule has 0 spiro atoms. The predicted octanol–water partition coefficient (Wildman–Crippen LogP) is 1.18. The first-order valence-corrected chi connectivity index (χ1v) is 10.5. The summed E-state index contributed by atoms with van der Waals surface area (Å²) in [5, 5.41) is 25.0. The number of hydrogen-bond acceptors (Lipinski definition) is 8. The van der Waals surface area contributed by atoms with E-state index in [4.69, 9.17) is 5.21 Å². The largest absolute Gasteiger partial charge is 0.477 e. The zero-order chi connectivity index (χ0) is 18.7. The van der Waals surface area contributed by atoms with E-state index >= 15 is 0 Å². The van der Waals surface area contributed by atoms with Gasteiger partial charge in [-0.05, 0) is 11.4 Å². The number of thiophene rings is 1. The smallest absolute Gasteiger partial charge is 0.353 e. The topological polar surface area (TPSA) is 119 Å². The quantitative estimate of drug-likeness (QED) is 0.266. The van der Waals surface area contributed by atoms with Crippen LogP contribution >= 0.6 is 34.9 Å². The summed E-state index contributed by atoms with van der Waals surface area (Å²) < 4.78 is 0. The molecule has 138 valence electrons. The number of nitrogens with one attached hydrogen (secondary N) is 1. The Labute approximate surface area is 161 Å². The fourth-order valence-electron chi connectivity index (χ4n) is 2.67. The Balaban J connectivity index is 1.68. The second-order valence-electron chi connectivity index (χ2n) is 5.40. The van der Waals surface area contributed by atoms with E-state index in [9.17, 15) is 19.5 Å². The first-order chi connectivity index (χ1) is 12.5. The van der Waals surface area contributed by atoms with Crippen molar-refractivity contribution in [3.05, 3.63) is 33.0 Å². The van der Waals surface area contributed by atoms with Crippen molar-refractivity contribution in [2.75, 3.05) is 11.5 Å². The van der Waals surface area contributed by atoms with E-state index in [1.165, 1.54) is 46.0 Å². The summed E-state index contributed by atoms with van der Waals surface area (Å²) in [6.07, 6.45) is 1.45. The van der Waals surface area contributed by atoms with Crippen LogP contribution in [0, 0.1) is 0 Å². The van der Waals surface area contributed by atoms with Crippen LogP contribution in [0.3, 0.4) is 0 Å². The molecule has 0 radical (unpaired) electrons. The number of carboxylic acids is 1. The van der Waals surface area contributed by atoms with Crippen molar-refractivity contribution < 1.29 is 24.7 Å². The molecule has 26 heavy (non-hydrogen) atoms. The minimum atomic E-state index is -1.18.